The molecule has 16 heavy (non-hydrogen) atoms. The van der Waals surface area contributed by atoms with Crippen LogP contribution in [0, 0.1) is 6.92 Å². The lowest BCUT2D eigenvalue weighted by Gasteiger charge is -2.23. The highest BCUT2D eigenvalue weighted by Gasteiger charge is 2.11. The first-order valence-corrected chi connectivity index (χ1v) is 6.08. The van der Waals surface area contributed by atoms with Crippen LogP contribution in [0.2, 0.25) is 0 Å². The van der Waals surface area contributed by atoms with Gasteiger partial charge in [0, 0.05) is 32.5 Å². The Labute approximate surface area is 96.0 Å². The standard InChI is InChI=1S/C11H20N4O/c1-9-14-11(15-16-9)5-7-12-8-10-4-2-3-6-13-10/h10,12-13H,2-8H2,1H3. The molecule has 0 radical (unpaired) electrons. The van der Waals surface area contributed by atoms with Crippen molar-refractivity contribution in [2.75, 3.05) is 19.6 Å². The van der Waals surface area contributed by atoms with Crippen molar-refractivity contribution in [2.45, 2.75) is 38.6 Å². The Kier molecular flexibility index (Phi) is 4.30. The van der Waals surface area contributed by atoms with Gasteiger partial charge in [-0.05, 0) is 19.4 Å². The fourth-order valence-corrected chi connectivity index (χ4v) is 2.02. The number of piperidine rings is 1. The molecule has 1 aliphatic rings. The molecule has 0 spiro atoms. The Morgan fingerprint density at radius 2 is 2.44 bits per heavy atom. The van der Waals surface area contributed by atoms with E-state index < -0.39 is 0 Å². The summed E-state index contributed by atoms with van der Waals surface area (Å²) in [6.45, 7) is 4.93. The third kappa shape index (κ3) is 3.57. The third-order valence-electron chi connectivity index (χ3n) is 2.90. The van der Waals surface area contributed by atoms with Crippen LogP contribution in [-0.4, -0.2) is 35.8 Å². The largest absolute Gasteiger partial charge is 0.340 e. The molecule has 1 aromatic heterocycles. The van der Waals surface area contributed by atoms with E-state index in [0.717, 1.165) is 31.9 Å². The molecule has 1 atom stereocenters. The maximum atomic E-state index is 4.91. The number of rotatable bonds is 5. The zero-order valence-electron chi connectivity index (χ0n) is 9.83. The molecule has 0 aliphatic carbocycles. The van der Waals surface area contributed by atoms with E-state index in [1.165, 1.54) is 19.3 Å². The lowest BCUT2D eigenvalue weighted by molar-refractivity contribution is 0.379. The van der Waals surface area contributed by atoms with Gasteiger partial charge in [0.1, 0.15) is 0 Å². The van der Waals surface area contributed by atoms with Crippen LogP contribution >= 0.6 is 0 Å². The summed E-state index contributed by atoms with van der Waals surface area (Å²) < 4.78 is 4.91. The van der Waals surface area contributed by atoms with Crippen molar-refractivity contribution in [2.24, 2.45) is 0 Å². The molecule has 5 nitrogen and oxygen atoms in total. The van der Waals surface area contributed by atoms with Crippen LogP contribution in [0.25, 0.3) is 0 Å². The molecule has 1 unspecified atom stereocenters. The first-order chi connectivity index (χ1) is 7.84. The van der Waals surface area contributed by atoms with Crippen LogP contribution in [0.3, 0.4) is 0 Å². The van der Waals surface area contributed by atoms with Gasteiger partial charge in [-0.15, -0.1) is 0 Å². The predicted molar refractivity (Wildman–Crippen MR) is 61.3 cm³/mol. The van der Waals surface area contributed by atoms with Gasteiger partial charge in [0.2, 0.25) is 5.89 Å². The molecule has 5 heteroatoms. The molecule has 1 aliphatic heterocycles. The third-order valence-corrected chi connectivity index (χ3v) is 2.90. The van der Waals surface area contributed by atoms with E-state index in [9.17, 15) is 0 Å². The van der Waals surface area contributed by atoms with Crippen molar-refractivity contribution >= 4 is 0 Å². The van der Waals surface area contributed by atoms with Crippen LogP contribution in [0.4, 0.5) is 0 Å². The molecule has 0 amide bonds. The second-order valence-corrected chi connectivity index (χ2v) is 4.33. The zero-order valence-corrected chi connectivity index (χ0v) is 9.83. The summed E-state index contributed by atoms with van der Waals surface area (Å²) >= 11 is 0. The van der Waals surface area contributed by atoms with Crippen molar-refractivity contribution in [3.63, 3.8) is 0 Å². The van der Waals surface area contributed by atoms with Gasteiger partial charge in [0.25, 0.3) is 0 Å². The van der Waals surface area contributed by atoms with Crippen LogP contribution in [-0.2, 0) is 6.42 Å². The quantitative estimate of drug-likeness (QED) is 0.719. The highest BCUT2D eigenvalue weighted by molar-refractivity contribution is 4.84. The van der Waals surface area contributed by atoms with Crippen molar-refractivity contribution in [3.05, 3.63) is 11.7 Å². The van der Waals surface area contributed by atoms with Crippen LogP contribution in [0.5, 0.6) is 0 Å². The van der Waals surface area contributed by atoms with Gasteiger partial charge in [0.15, 0.2) is 5.82 Å². The van der Waals surface area contributed by atoms with E-state index in [-0.39, 0.29) is 0 Å². The Morgan fingerprint density at radius 3 is 3.12 bits per heavy atom. The lowest BCUT2D eigenvalue weighted by Crippen LogP contribution is -2.42. The van der Waals surface area contributed by atoms with E-state index in [0.29, 0.717) is 11.9 Å². The highest BCUT2D eigenvalue weighted by atomic mass is 16.5. The number of nitrogens with one attached hydrogen (secondary N) is 2. The zero-order chi connectivity index (χ0) is 11.2. The molecule has 2 rings (SSSR count). The lowest BCUT2D eigenvalue weighted by atomic mass is 10.1. The Morgan fingerprint density at radius 1 is 1.50 bits per heavy atom. The number of aromatic nitrogens is 2. The second-order valence-electron chi connectivity index (χ2n) is 4.33. The first kappa shape index (κ1) is 11.5. The van der Waals surface area contributed by atoms with Crippen molar-refractivity contribution in [3.8, 4) is 0 Å². The summed E-state index contributed by atoms with van der Waals surface area (Å²) in [4.78, 5) is 4.16. The van der Waals surface area contributed by atoms with Gasteiger partial charge in [-0.25, -0.2) is 0 Å². The molecule has 0 aromatic carbocycles. The van der Waals surface area contributed by atoms with Gasteiger partial charge in [-0.2, -0.15) is 4.98 Å². The summed E-state index contributed by atoms with van der Waals surface area (Å²) in [6.07, 6.45) is 4.79. The van der Waals surface area contributed by atoms with E-state index in [1.54, 1.807) is 0 Å². The molecule has 1 aromatic rings. The predicted octanol–water partition coefficient (Wildman–Crippen LogP) is 0.652. The molecule has 1 saturated heterocycles. The van der Waals surface area contributed by atoms with E-state index in [4.69, 9.17) is 4.52 Å². The van der Waals surface area contributed by atoms with Crippen LogP contribution in [0.1, 0.15) is 31.0 Å². The molecule has 90 valence electrons. The number of aryl methyl sites for hydroxylation is 1. The van der Waals surface area contributed by atoms with Crippen LogP contribution in [0.15, 0.2) is 4.52 Å². The van der Waals surface area contributed by atoms with Gasteiger partial charge >= 0.3 is 0 Å². The minimum absolute atomic E-state index is 0.640. The summed E-state index contributed by atoms with van der Waals surface area (Å²) in [5, 5.41) is 10.8. The molecular weight excluding hydrogens is 204 g/mol. The number of hydrogen-bond acceptors (Lipinski definition) is 5. The van der Waals surface area contributed by atoms with Gasteiger partial charge in [-0.3, -0.25) is 0 Å². The van der Waals surface area contributed by atoms with Gasteiger partial charge in [-0.1, -0.05) is 11.6 Å². The Balaban J connectivity index is 1.57. The topological polar surface area (TPSA) is 63.0 Å². The summed E-state index contributed by atoms with van der Waals surface area (Å²) in [7, 11) is 0. The van der Waals surface area contributed by atoms with Crippen LogP contribution < -0.4 is 10.6 Å². The minimum Gasteiger partial charge on any atom is -0.340 e. The van der Waals surface area contributed by atoms with Crippen molar-refractivity contribution in [1.29, 1.82) is 0 Å². The maximum absolute atomic E-state index is 4.91. The Hall–Kier alpha value is -0.940. The molecular formula is C11H20N4O. The summed E-state index contributed by atoms with van der Waals surface area (Å²) in [6, 6.07) is 0.640. The minimum atomic E-state index is 0.640. The molecule has 0 bridgehead atoms. The van der Waals surface area contributed by atoms with Crippen molar-refractivity contribution in [1.82, 2.24) is 20.8 Å². The molecule has 2 N–H and O–H groups in total. The normalized spacial score (nSPS) is 21.2. The SMILES string of the molecule is Cc1nc(CCNCC2CCCCN2)no1. The van der Waals surface area contributed by atoms with E-state index in [1.807, 2.05) is 6.92 Å². The smallest absolute Gasteiger partial charge is 0.223 e. The van der Waals surface area contributed by atoms with E-state index in [2.05, 4.69) is 20.8 Å². The number of nitrogens with zero attached hydrogens (tertiary/aromatic N) is 2. The number of hydrogen-bond donors (Lipinski definition) is 2. The van der Waals surface area contributed by atoms with Crippen molar-refractivity contribution < 1.29 is 4.52 Å². The molecule has 0 saturated carbocycles. The van der Waals surface area contributed by atoms with Gasteiger partial charge < -0.3 is 15.2 Å². The summed E-state index contributed by atoms with van der Waals surface area (Å²) in [5.74, 6) is 1.44. The second kappa shape index (κ2) is 5.96. The average Bonchev–Trinajstić information content (AvgIpc) is 2.72. The maximum Gasteiger partial charge on any atom is 0.223 e. The van der Waals surface area contributed by atoms with Gasteiger partial charge in [0.05, 0.1) is 0 Å². The average molecular weight is 224 g/mol. The fraction of sp³-hybridized carbons (Fsp3) is 0.818. The monoisotopic (exact) mass is 224 g/mol. The fourth-order valence-electron chi connectivity index (χ4n) is 2.02. The molecule has 2 heterocycles. The molecule has 1 fully saturated rings. The first-order valence-electron chi connectivity index (χ1n) is 6.08. The Bertz CT molecular complexity index is 307. The summed E-state index contributed by atoms with van der Waals surface area (Å²) in [5.41, 5.74) is 0. The highest BCUT2D eigenvalue weighted by Crippen LogP contribution is 2.05. The van der Waals surface area contributed by atoms with E-state index >= 15 is 0 Å².